The molecule has 2 N–H and O–H groups in total. The number of nitrogens with one attached hydrogen (secondary N) is 1. The third-order valence-corrected chi connectivity index (χ3v) is 2.83. The van der Waals surface area contributed by atoms with E-state index < -0.39 is 0 Å². The first-order chi connectivity index (χ1) is 7.27. The fourth-order valence-electron chi connectivity index (χ4n) is 1.90. The molecule has 0 saturated carbocycles. The first kappa shape index (κ1) is 10.5. The number of aliphatic hydroxyl groups is 1. The number of nitrogens with zero attached hydrogens (tertiary/aromatic N) is 1. The van der Waals surface area contributed by atoms with E-state index in [-0.39, 0.29) is 6.10 Å². The maximum absolute atomic E-state index is 9.52. The first-order valence-electron chi connectivity index (χ1n) is 5.51. The minimum atomic E-state index is -0.382. The van der Waals surface area contributed by atoms with Crippen LogP contribution >= 0.6 is 0 Å². The Hall–Kier alpha value is -1.06. The highest BCUT2D eigenvalue weighted by Gasteiger charge is 2.11. The van der Waals surface area contributed by atoms with Gasteiger partial charge >= 0.3 is 0 Å². The minimum Gasteiger partial charge on any atom is -0.389 e. The van der Waals surface area contributed by atoms with Gasteiger partial charge in [-0.15, -0.1) is 0 Å². The van der Waals surface area contributed by atoms with Crippen molar-refractivity contribution < 1.29 is 5.11 Å². The Morgan fingerprint density at radius 2 is 2.07 bits per heavy atom. The fourth-order valence-corrected chi connectivity index (χ4v) is 1.90. The van der Waals surface area contributed by atoms with E-state index in [1.807, 2.05) is 12.1 Å². The molecule has 0 aromatic heterocycles. The van der Waals surface area contributed by atoms with Crippen molar-refractivity contribution in [1.29, 1.82) is 0 Å². The van der Waals surface area contributed by atoms with Crippen LogP contribution in [0.2, 0.25) is 0 Å². The maximum Gasteiger partial charge on any atom is 0.0762 e. The standard InChI is InChI=1S/C12H18N2O/c1-10(15)11-3-2-4-12(9-11)14-7-5-13-6-8-14/h2-4,9-10,13,15H,5-8H2,1H3/t10-/m1/s1. The molecule has 0 aliphatic carbocycles. The Kier molecular flexibility index (Phi) is 3.23. The molecule has 0 bridgehead atoms. The summed E-state index contributed by atoms with van der Waals surface area (Å²) in [5, 5.41) is 12.8. The monoisotopic (exact) mass is 206 g/mol. The van der Waals surface area contributed by atoms with E-state index in [0.717, 1.165) is 31.7 Å². The second-order valence-corrected chi connectivity index (χ2v) is 4.01. The van der Waals surface area contributed by atoms with E-state index >= 15 is 0 Å². The molecule has 1 aliphatic heterocycles. The Morgan fingerprint density at radius 1 is 1.33 bits per heavy atom. The highest BCUT2D eigenvalue weighted by Crippen LogP contribution is 2.20. The molecule has 1 aromatic carbocycles. The number of hydrogen-bond donors (Lipinski definition) is 2. The average Bonchev–Trinajstić information content (AvgIpc) is 2.30. The molecule has 0 unspecified atom stereocenters. The molecular weight excluding hydrogens is 188 g/mol. The van der Waals surface area contributed by atoms with Crippen LogP contribution in [0, 0.1) is 0 Å². The average molecular weight is 206 g/mol. The van der Waals surface area contributed by atoms with Crippen LogP contribution in [-0.2, 0) is 0 Å². The highest BCUT2D eigenvalue weighted by molar-refractivity contribution is 5.49. The van der Waals surface area contributed by atoms with Crippen LogP contribution in [0.25, 0.3) is 0 Å². The summed E-state index contributed by atoms with van der Waals surface area (Å²) in [6, 6.07) is 8.17. The largest absolute Gasteiger partial charge is 0.389 e. The lowest BCUT2D eigenvalue weighted by atomic mass is 10.1. The third-order valence-electron chi connectivity index (χ3n) is 2.83. The van der Waals surface area contributed by atoms with Crippen LogP contribution in [0.15, 0.2) is 24.3 Å². The van der Waals surface area contributed by atoms with E-state index in [4.69, 9.17) is 0 Å². The number of hydrogen-bond acceptors (Lipinski definition) is 3. The molecule has 3 heteroatoms. The SMILES string of the molecule is C[C@@H](O)c1cccc(N2CCNCC2)c1. The van der Waals surface area contributed by atoms with E-state index in [9.17, 15) is 5.11 Å². The van der Waals surface area contributed by atoms with Crippen LogP contribution in [0.3, 0.4) is 0 Å². The van der Waals surface area contributed by atoms with E-state index in [1.165, 1.54) is 5.69 Å². The molecule has 0 radical (unpaired) electrons. The molecule has 1 atom stereocenters. The molecule has 2 rings (SSSR count). The summed E-state index contributed by atoms with van der Waals surface area (Å²) in [5.41, 5.74) is 2.21. The minimum absolute atomic E-state index is 0.382. The van der Waals surface area contributed by atoms with E-state index in [2.05, 4.69) is 22.3 Å². The van der Waals surface area contributed by atoms with Gasteiger partial charge in [0.1, 0.15) is 0 Å². The lowest BCUT2D eigenvalue weighted by molar-refractivity contribution is 0.199. The molecule has 3 nitrogen and oxygen atoms in total. The van der Waals surface area contributed by atoms with E-state index in [0.29, 0.717) is 0 Å². The van der Waals surface area contributed by atoms with Gasteiger partial charge in [-0.05, 0) is 24.6 Å². The quantitative estimate of drug-likeness (QED) is 0.762. The number of piperazine rings is 1. The summed E-state index contributed by atoms with van der Waals surface area (Å²) < 4.78 is 0. The molecule has 15 heavy (non-hydrogen) atoms. The van der Waals surface area contributed by atoms with Crippen molar-refractivity contribution >= 4 is 5.69 Å². The van der Waals surface area contributed by atoms with Crippen LogP contribution in [0.4, 0.5) is 5.69 Å². The van der Waals surface area contributed by atoms with Gasteiger partial charge in [-0.1, -0.05) is 12.1 Å². The smallest absolute Gasteiger partial charge is 0.0762 e. The molecule has 1 aliphatic rings. The second-order valence-electron chi connectivity index (χ2n) is 4.01. The third kappa shape index (κ3) is 2.49. The molecular formula is C12H18N2O. The van der Waals surface area contributed by atoms with Crippen molar-refractivity contribution in [3.8, 4) is 0 Å². The van der Waals surface area contributed by atoms with Gasteiger partial charge in [-0.2, -0.15) is 0 Å². The predicted octanol–water partition coefficient (Wildman–Crippen LogP) is 1.15. The topological polar surface area (TPSA) is 35.5 Å². The first-order valence-corrected chi connectivity index (χ1v) is 5.51. The number of rotatable bonds is 2. The summed E-state index contributed by atoms with van der Waals surface area (Å²) in [6.07, 6.45) is -0.382. The summed E-state index contributed by atoms with van der Waals surface area (Å²) in [6.45, 7) is 5.97. The summed E-state index contributed by atoms with van der Waals surface area (Å²) in [5.74, 6) is 0. The summed E-state index contributed by atoms with van der Waals surface area (Å²) in [7, 11) is 0. The number of anilines is 1. The summed E-state index contributed by atoms with van der Waals surface area (Å²) in [4.78, 5) is 2.35. The van der Waals surface area contributed by atoms with Crippen molar-refractivity contribution in [3.63, 3.8) is 0 Å². The molecule has 0 spiro atoms. The van der Waals surface area contributed by atoms with Crippen molar-refractivity contribution in [1.82, 2.24) is 5.32 Å². The molecule has 1 fully saturated rings. The zero-order valence-electron chi connectivity index (χ0n) is 9.11. The predicted molar refractivity (Wildman–Crippen MR) is 62.2 cm³/mol. The van der Waals surface area contributed by atoms with Crippen molar-refractivity contribution in [2.45, 2.75) is 13.0 Å². The van der Waals surface area contributed by atoms with Gasteiger partial charge in [-0.25, -0.2) is 0 Å². The zero-order chi connectivity index (χ0) is 10.7. The molecule has 1 aromatic rings. The van der Waals surface area contributed by atoms with Gasteiger partial charge in [0.05, 0.1) is 6.10 Å². The van der Waals surface area contributed by atoms with Crippen LogP contribution < -0.4 is 10.2 Å². The highest BCUT2D eigenvalue weighted by atomic mass is 16.3. The van der Waals surface area contributed by atoms with E-state index in [1.54, 1.807) is 6.92 Å². The van der Waals surface area contributed by atoms with Gasteiger partial charge < -0.3 is 15.3 Å². The molecule has 0 amide bonds. The van der Waals surface area contributed by atoms with Gasteiger partial charge in [-0.3, -0.25) is 0 Å². The van der Waals surface area contributed by atoms with Gasteiger partial charge in [0.2, 0.25) is 0 Å². The molecule has 82 valence electrons. The van der Waals surface area contributed by atoms with Crippen LogP contribution in [-0.4, -0.2) is 31.3 Å². The van der Waals surface area contributed by atoms with Gasteiger partial charge in [0.25, 0.3) is 0 Å². The zero-order valence-corrected chi connectivity index (χ0v) is 9.11. The maximum atomic E-state index is 9.52. The van der Waals surface area contributed by atoms with Crippen molar-refractivity contribution in [2.24, 2.45) is 0 Å². The molecule has 1 heterocycles. The normalized spacial score (nSPS) is 18.9. The molecule has 1 saturated heterocycles. The number of benzene rings is 1. The summed E-state index contributed by atoms with van der Waals surface area (Å²) >= 11 is 0. The fraction of sp³-hybridized carbons (Fsp3) is 0.500. The van der Waals surface area contributed by atoms with Crippen molar-refractivity contribution in [2.75, 3.05) is 31.1 Å². The Bertz CT molecular complexity index is 319. The lowest BCUT2D eigenvalue weighted by Crippen LogP contribution is -2.43. The second kappa shape index (κ2) is 4.64. The van der Waals surface area contributed by atoms with Crippen LogP contribution in [0.5, 0.6) is 0 Å². The number of aliphatic hydroxyl groups excluding tert-OH is 1. The Morgan fingerprint density at radius 3 is 2.73 bits per heavy atom. The van der Waals surface area contributed by atoms with Gasteiger partial charge in [0.15, 0.2) is 0 Å². The lowest BCUT2D eigenvalue weighted by Gasteiger charge is -2.29. The Labute approximate surface area is 90.7 Å². The Balaban J connectivity index is 2.16. The van der Waals surface area contributed by atoms with Gasteiger partial charge in [0, 0.05) is 31.9 Å². The van der Waals surface area contributed by atoms with Crippen LogP contribution in [0.1, 0.15) is 18.6 Å². The van der Waals surface area contributed by atoms with Crippen molar-refractivity contribution in [3.05, 3.63) is 29.8 Å².